The van der Waals surface area contributed by atoms with E-state index < -0.39 is 0 Å². The lowest BCUT2D eigenvalue weighted by atomic mass is 10.2. The summed E-state index contributed by atoms with van der Waals surface area (Å²) in [6, 6.07) is 7.83. The third-order valence-electron chi connectivity index (χ3n) is 5.23. The first-order valence-corrected chi connectivity index (χ1v) is 9.89. The Morgan fingerprint density at radius 3 is 2.93 bits per heavy atom. The molecule has 1 aliphatic heterocycles. The molecule has 1 amide bonds. The van der Waals surface area contributed by atoms with E-state index >= 15 is 0 Å². The molecule has 0 saturated carbocycles. The highest BCUT2D eigenvalue weighted by molar-refractivity contribution is 6.04. The SMILES string of the molecule is COCCc1noc(CN2CCCN(C(=O)c3nn(C)c4ccccc34)CC2)n1. The molecule has 2 aromatic heterocycles. The fourth-order valence-electron chi connectivity index (χ4n) is 3.69. The van der Waals surface area contributed by atoms with E-state index in [9.17, 15) is 4.79 Å². The molecule has 0 atom stereocenters. The minimum Gasteiger partial charge on any atom is -0.384 e. The second kappa shape index (κ2) is 8.71. The summed E-state index contributed by atoms with van der Waals surface area (Å²) in [5.74, 6) is 1.25. The van der Waals surface area contributed by atoms with Gasteiger partial charge in [0.25, 0.3) is 5.91 Å². The van der Waals surface area contributed by atoms with Crippen molar-refractivity contribution < 1.29 is 14.1 Å². The van der Waals surface area contributed by atoms with E-state index in [2.05, 4.69) is 20.1 Å². The van der Waals surface area contributed by atoms with Crippen molar-refractivity contribution in [1.29, 1.82) is 0 Å². The standard InChI is InChI=1S/C20H26N6O3/c1-24-16-7-4-3-6-15(16)19(22-24)20(27)26-10-5-9-25(11-12-26)14-18-21-17(23-29-18)8-13-28-2/h3-4,6-7H,5,8-14H2,1-2H3. The van der Waals surface area contributed by atoms with Crippen LogP contribution in [0.3, 0.4) is 0 Å². The molecule has 0 spiro atoms. The number of fused-ring (bicyclic) bond motifs is 1. The average molecular weight is 398 g/mol. The van der Waals surface area contributed by atoms with Crippen LogP contribution in [0.4, 0.5) is 0 Å². The molecule has 0 aliphatic carbocycles. The molecule has 4 rings (SSSR count). The number of hydrogen-bond donors (Lipinski definition) is 0. The van der Waals surface area contributed by atoms with Crippen LogP contribution in [-0.4, -0.2) is 75.5 Å². The van der Waals surface area contributed by atoms with Crippen LogP contribution in [0.25, 0.3) is 10.9 Å². The van der Waals surface area contributed by atoms with Crippen LogP contribution >= 0.6 is 0 Å². The molecule has 9 nitrogen and oxygen atoms in total. The number of rotatable bonds is 6. The molecule has 3 heterocycles. The highest BCUT2D eigenvalue weighted by atomic mass is 16.5. The zero-order chi connectivity index (χ0) is 20.2. The molecule has 154 valence electrons. The fraction of sp³-hybridized carbons (Fsp3) is 0.500. The third kappa shape index (κ3) is 4.30. The van der Waals surface area contributed by atoms with Crippen LogP contribution in [0.1, 0.15) is 28.6 Å². The lowest BCUT2D eigenvalue weighted by Gasteiger charge is -2.20. The Hall–Kier alpha value is -2.78. The predicted molar refractivity (Wildman–Crippen MR) is 106 cm³/mol. The topological polar surface area (TPSA) is 89.5 Å². The number of benzene rings is 1. The summed E-state index contributed by atoms with van der Waals surface area (Å²) in [7, 11) is 3.52. The zero-order valence-corrected chi connectivity index (χ0v) is 16.9. The van der Waals surface area contributed by atoms with Crippen LogP contribution in [0.2, 0.25) is 0 Å². The second-order valence-electron chi connectivity index (χ2n) is 7.26. The van der Waals surface area contributed by atoms with Gasteiger partial charge < -0.3 is 14.2 Å². The van der Waals surface area contributed by atoms with Crippen LogP contribution in [0, 0.1) is 0 Å². The van der Waals surface area contributed by atoms with Gasteiger partial charge in [0, 0.05) is 52.1 Å². The van der Waals surface area contributed by atoms with Crippen molar-refractivity contribution in [3.8, 4) is 0 Å². The summed E-state index contributed by atoms with van der Waals surface area (Å²) in [6.07, 6.45) is 1.53. The Morgan fingerprint density at radius 2 is 2.07 bits per heavy atom. The van der Waals surface area contributed by atoms with Gasteiger partial charge in [0.1, 0.15) is 0 Å². The summed E-state index contributed by atoms with van der Waals surface area (Å²) in [5, 5.41) is 9.37. The maximum Gasteiger partial charge on any atom is 0.275 e. The van der Waals surface area contributed by atoms with Crippen molar-refractivity contribution in [3.05, 3.63) is 41.7 Å². The van der Waals surface area contributed by atoms with E-state index in [1.807, 2.05) is 36.2 Å². The van der Waals surface area contributed by atoms with Gasteiger partial charge in [0.05, 0.1) is 18.7 Å². The molecule has 0 unspecified atom stereocenters. The monoisotopic (exact) mass is 398 g/mol. The van der Waals surface area contributed by atoms with Gasteiger partial charge in [-0.25, -0.2) is 0 Å². The maximum atomic E-state index is 13.1. The van der Waals surface area contributed by atoms with E-state index in [4.69, 9.17) is 9.26 Å². The van der Waals surface area contributed by atoms with Crippen molar-refractivity contribution >= 4 is 16.8 Å². The van der Waals surface area contributed by atoms with Crippen molar-refractivity contribution in [2.24, 2.45) is 7.05 Å². The number of carbonyl (C=O) groups is 1. The number of para-hydroxylation sites is 1. The molecule has 0 radical (unpaired) electrons. The quantitative estimate of drug-likeness (QED) is 0.621. The van der Waals surface area contributed by atoms with Gasteiger partial charge in [0.2, 0.25) is 5.89 Å². The predicted octanol–water partition coefficient (Wildman–Crippen LogP) is 1.49. The van der Waals surface area contributed by atoms with E-state index in [0.717, 1.165) is 30.4 Å². The molecule has 0 bridgehead atoms. The van der Waals surface area contributed by atoms with Gasteiger partial charge in [-0.1, -0.05) is 23.4 Å². The number of methoxy groups -OCH3 is 1. The summed E-state index contributed by atoms with van der Waals surface area (Å²) >= 11 is 0. The number of hydrogen-bond acceptors (Lipinski definition) is 7. The molecule has 29 heavy (non-hydrogen) atoms. The van der Waals surface area contributed by atoms with Crippen LogP contribution in [0.15, 0.2) is 28.8 Å². The van der Waals surface area contributed by atoms with Crippen LogP contribution in [-0.2, 0) is 24.8 Å². The number of aromatic nitrogens is 4. The Balaban J connectivity index is 1.39. The first-order valence-electron chi connectivity index (χ1n) is 9.89. The van der Waals surface area contributed by atoms with Gasteiger partial charge in [-0.3, -0.25) is 14.4 Å². The molecule has 3 aromatic rings. The number of nitrogens with zero attached hydrogens (tertiary/aromatic N) is 6. The Kier molecular flexibility index (Phi) is 5.86. The first kappa shape index (κ1) is 19.5. The van der Waals surface area contributed by atoms with Gasteiger partial charge >= 0.3 is 0 Å². The molecule has 1 saturated heterocycles. The molecule has 0 N–H and O–H groups in total. The molecular weight excluding hydrogens is 372 g/mol. The lowest BCUT2D eigenvalue weighted by molar-refractivity contribution is 0.0755. The van der Waals surface area contributed by atoms with Crippen molar-refractivity contribution in [3.63, 3.8) is 0 Å². The minimum atomic E-state index is -0.0108. The van der Waals surface area contributed by atoms with E-state index in [0.29, 0.717) is 50.1 Å². The highest BCUT2D eigenvalue weighted by Crippen LogP contribution is 2.20. The van der Waals surface area contributed by atoms with Gasteiger partial charge in [-0.15, -0.1) is 0 Å². The maximum absolute atomic E-state index is 13.1. The molecular formula is C20H26N6O3. The smallest absolute Gasteiger partial charge is 0.275 e. The van der Waals surface area contributed by atoms with Gasteiger partial charge in [-0.05, 0) is 12.5 Å². The van der Waals surface area contributed by atoms with Gasteiger partial charge in [0.15, 0.2) is 11.5 Å². The minimum absolute atomic E-state index is 0.0108. The molecule has 1 aliphatic rings. The number of ether oxygens (including phenoxy) is 1. The largest absolute Gasteiger partial charge is 0.384 e. The Labute approximate surface area is 169 Å². The van der Waals surface area contributed by atoms with Crippen molar-refractivity contribution in [2.75, 3.05) is 39.9 Å². The van der Waals surface area contributed by atoms with Crippen molar-refractivity contribution in [2.45, 2.75) is 19.4 Å². The number of aryl methyl sites for hydroxylation is 1. The first-order chi connectivity index (χ1) is 14.2. The normalized spacial score (nSPS) is 15.7. The van der Waals surface area contributed by atoms with Crippen molar-refractivity contribution in [1.82, 2.24) is 29.7 Å². The zero-order valence-electron chi connectivity index (χ0n) is 16.9. The third-order valence-corrected chi connectivity index (χ3v) is 5.23. The molecule has 1 aromatic carbocycles. The average Bonchev–Trinajstić information content (AvgIpc) is 3.23. The summed E-state index contributed by atoms with van der Waals surface area (Å²) in [6.45, 7) is 4.16. The Morgan fingerprint density at radius 1 is 1.21 bits per heavy atom. The molecule has 1 fully saturated rings. The van der Waals surface area contributed by atoms with Crippen LogP contribution in [0.5, 0.6) is 0 Å². The van der Waals surface area contributed by atoms with E-state index in [1.165, 1.54) is 0 Å². The second-order valence-corrected chi connectivity index (χ2v) is 7.26. The molecule has 9 heteroatoms. The summed E-state index contributed by atoms with van der Waals surface area (Å²) in [4.78, 5) is 21.7. The van der Waals surface area contributed by atoms with E-state index in [1.54, 1.807) is 11.8 Å². The summed E-state index contributed by atoms with van der Waals surface area (Å²) < 4.78 is 12.2. The number of amides is 1. The summed E-state index contributed by atoms with van der Waals surface area (Å²) in [5.41, 5.74) is 1.49. The lowest BCUT2D eigenvalue weighted by Crippen LogP contribution is -2.35. The fourth-order valence-corrected chi connectivity index (χ4v) is 3.69. The highest BCUT2D eigenvalue weighted by Gasteiger charge is 2.25. The van der Waals surface area contributed by atoms with Crippen LogP contribution < -0.4 is 0 Å². The Bertz CT molecular complexity index is 982. The van der Waals surface area contributed by atoms with Gasteiger partial charge in [-0.2, -0.15) is 10.1 Å². The van der Waals surface area contributed by atoms with E-state index in [-0.39, 0.29) is 5.91 Å². The number of carbonyl (C=O) groups excluding carboxylic acids is 1.